The molecule has 6 nitrogen and oxygen atoms in total. The number of rotatable bonds is 3. The molecule has 1 saturated carbocycles. The quantitative estimate of drug-likeness (QED) is 0.698. The van der Waals surface area contributed by atoms with E-state index >= 15 is 0 Å². The zero-order valence-electron chi connectivity index (χ0n) is 15.8. The third-order valence-corrected chi connectivity index (χ3v) is 5.90. The third-order valence-electron chi connectivity index (χ3n) is 5.66. The Morgan fingerprint density at radius 3 is 2.72 bits per heavy atom. The zero-order valence-corrected chi connectivity index (χ0v) is 16.6. The van der Waals surface area contributed by atoms with Gasteiger partial charge in [0, 0.05) is 23.6 Å². The Bertz CT molecular complexity index is 1010. The van der Waals surface area contributed by atoms with Gasteiger partial charge in [0.1, 0.15) is 17.7 Å². The first-order chi connectivity index (χ1) is 14.2. The number of aromatic nitrogens is 4. The second-order valence-electron chi connectivity index (χ2n) is 7.59. The van der Waals surface area contributed by atoms with E-state index in [0.717, 1.165) is 60.2 Å². The van der Waals surface area contributed by atoms with Gasteiger partial charge < -0.3 is 10.1 Å². The average molecular weight is 414 g/mol. The van der Waals surface area contributed by atoms with Gasteiger partial charge >= 0.3 is 0 Å². The summed E-state index contributed by atoms with van der Waals surface area (Å²) >= 11 is 6.20. The summed E-state index contributed by atoms with van der Waals surface area (Å²) in [7, 11) is 0. The van der Waals surface area contributed by atoms with Gasteiger partial charge in [-0.15, -0.1) is 10.2 Å². The lowest BCUT2D eigenvalue weighted by Crippen LogP contribution is -2.25. The van der Waals surface area contributed by atoms with Gasteiger partial charge in [-0.25, -0.2) is 9.37 Å². The molecule has 1 aromatic carbocycles. The molecule has 29 heavy (non-hydrogen) atoms. The smallest absolute Gasteiger partial charge is 0.213 e. The monoisotopic (exact) mass is 413 g/mol. The van der Waals surface area contributed by atoms with E-state index in [-0.39, 0.29) is 11.9 Å². The molecule has 2 aliphatic rings. The lowest BCUT2D eigenvalue weighted by Gasteiger charge is -2.28. The maximum absolute atomic E-state index is 13.0. The Balaban J connectivity index is 1.34. The van der Waals surface area contributed by atoms with Crippen LogP contribution < -0.4 is 10.1 Å². The van der Waals surface area contributed by atoms with Crippen molar-refractivity contribution < 1.29 is 9.13 Å². The highest BCUT2D eigenvalue weighted by Gasteiger charge is 2.30. The van der Waals surface area contributed by atoms with E-state index in [4.69, 9.17) is 16.3 Å². The summed E-state index contributed by atoms with van der Waals surface area (Å²) in [6, 6.07) is 8.92. The fourth-order valence-electron chi connectivity index (χ4n) is 4.24. The van der Waals surface area contributed by atoms with Crippen LogP contribution in [0.1, 0.15) is 48.8 Å². The number of ether oxygens (including phenoxy) is 1. The number of pyridine rings is 1. The second-order valence-corrected chi connectivity index (χ2v) is 8.03. The van der Waals surface area contributed by atoms with Crippen LogP contribution in [0.15, 0.2) is 36.5 Å². The van der Waals surface area contributed by atoms with Crippen LogP contribution in [0, 0.1) is 5.82 Å². The van der Waals surface area contributed by atoms with Crippen molar-refractivity contribution >= 4 is 11.6 Å². The van der Waals surface area contributed by atoms with Gasteiger partial charge in [0.25, 0.3) is 0 Å². The van der Waals surface area contributed by atoms with Gasteiger partial charge in [-0.1, -0.05) is 11.6 Å². The zero-order chi connectivity index (χ0) is 19.8. The summed E-state index contributed by atoms with van der Waals surface area (Å²) in [6.45, 7) is 1.43. The van der Waals surface area contributed by atoms with Crippen molar-refractivity contribution in [1.29, 1.82) is 0 Å². The summed E-state index contributed by atoms with van der Waals surface area (Å²) < 4.78 is 21.1. The molecule has 0 spiro atoms. The second kappa shape index (κ2) is 7.72. The maximum atomic E-state index is 13.0. The van der Waals surface area contributed by atoms with Crippen LogP contribution in [0.2, 0.25) is 5.02 Å². The molecule has 1 aliphatic carbocycles. The summed E-state index contributed by atoms with van der Waals surface area (Å²) in [5.74, 6) is 2.37. The molecule has 1 N–H and O–H groups in total. The molecular formula is C21H21ClFN5O. The van der Waals surface area contributed by atoms with Gasteiger partial charge in [0.15, 0.2) is 5.82 Å². The minimum Gasteiger partial charge on any atom is -0.474 e. The molecule has 150 valence electrons. The largest absolute Gasteiger partial charge is 0.474 e. The predicted molar refractivity (Wildman–Crippen MR) is 107 cm³/mol. The first-order valence-electron chi connectivity index (χ1n) is 9.89. The van der Waals surface area contributed by atoms with Crippen LogP contribution in [0.3, 0.4) is 0 Å². The van der Waals surface area contributed by atoms with Gasteiger partial charge in [0.2, 0.25) is 5.88 Å². The Labute approximate surface area is 173 Å². The average Bonchev–Trinajstić information content (AvgIpc) is 3.06. The van der Waals surface area contributed by atoms with Crippen molar-refractivity contribution in [2.45, 2.75) is 50.8 Å². The standard InChI is InChI=1S/C21H21ClFN5O/c22-15-3-7-18-14(9-15)10-24-12-19-26-27-21(28(18)19)13-1-5-17(6-2-13)29-20-8-4-16(23)11-25-20/h3-4,7-9,11,13,17,24H,1-2,5-6,10,12H2. The first kappa shape index (κ1) is 18.5. The normalized spacial score (nSPS) is 21.2. The van der Waals surface area contributed by atoms with Crippen molar-refractivity contribution in [3.63, 3.8) is 0 Å². The Hall–Kier alpha value is -2.51. The van der Waals surface area contributed by atoms with Gasteiger partial charge in [0.05, 0.1) is 18.4 Å². The van der Waals surface area contributed by atoms with Crippen LogP contribution in [0.25, 0.3) is 5.69 Å². The molecule has 3 aromatic rings. The lowest BCUT2D eigenvalue weighted by molar-refractivity contribution is 0.138. The summed E-state index contributed by atoms with van der Waals surface area (Å²) in [6.07, 6.45) is 4.99. The molecular weight excluding hydrogens is 393 g/mol. The summed E-state index contributed by atoms with van der Waals surface area (Å²) in [4.78, 5) is 4.00. The molecule has 0 bridgehead atoms. The lowest BCUT2D eigenvalue weighted by atomic mass is 9.86. The van der Waals surface area contributed by atoms with Crippen LogP contribution in [-0.4, -0.2) is 25.9 Å². The molecule has 0 unspecified atom stereocenters. The highest BCUT2D eigenvalue weighted by atomic mass is 35.5. The number of nitrogens with one attached hydrogen (secondary N) is 1. The van der Waals surface area contributed by atoms with E-state index in [0.29, 0.717) is 18.3 Å². The molecule has 2 aromatic heterocycles. The first-order valence-corrected chi connectivity index (χ1v) is 10.3. The van der Waals surface area contributed by atoms with E-state index in [2.05, 4.69) is 31.1 Å². The molecule has 0 radical (unpaired) electrons. The number of benzene rings is 1. The topological polar surface area (TPSA) is 64.9 Å². The van der Waals surface area contributed by atoms with E-state index in [1.807, 2.05) is 12.1 Å². The fourth-order valence-corrected chi connectivity index (χ4v) is 4.43. The van der Waals surface area contributed by atoms with Crippen molar-refractivity contribution in [2.75, 3.05) is 0 Å². The number of nitrogens with zero attached hydrogens (tertiary/aromatic N) is 4. The van der Waals surface area contributed by atoms with E-state index < -0.39 is 0 Å². The van der Waals surface area contributed by atoms with Crippen LogP contribution in [-0.2, 0) is 13.1 Å². The molecule has 8 heteroatoms. The minimum atomic E-state index is -0.357. The highest BCUT2D eigenvalue weighted by molar-refractivity contribution is 6.30. The molecule has 0 atom stereocenters. The SMILES string of the molecule is Fc1ccc(OC2CCC(c3nnc4n3-c3ccc(Cl)cc3CNC4)CC2)nc1. The number of hydrogen-bond donors (Lipinski definition) is 1. The van der Waals surface area contributed by atoms with Crippen molar-refractivity contribution in [1.82, 2.24) is 25.1 Å². The van der Waals surface area contributed by atoms with Crippen molar-refractivity contribution in [3.8, 4) is 11.6 Å². The molecule has 5 rings (SSSR count). The van der Waals surface area contributed by atoms with Crippen molar-refractivity contribution in [3.05, 3.63) is 64.6 Å². The van der Waals surface area contributed by atoms with Crippen LogP contribution in [0.5, 0.6) is 5.88 Å². The van der Waals surface area contributed by atoms with Gasteiger partial charge in [-0.2, -0.15) is 0 Å². The minimum absolute atomic E-state index is 0.0866. The third kappa shape index (κ3) is 3.72. The fraction of sp³-hybridized carbons (Fsp3) is 0.381. The molecule has 0 saturated heterocycles. The Morgan fingerprint density at radius 2 is 1.93 bits per heavy atom. The van der Waals surface area contributed by atoms with Gasteiger partial charge in [-0.05, 0) is 55.5 Å². The Kier molecular flexibility index (Phi) is 4.93. The summed E-state index contributed by atoms with van der Waals surface area (Å²) in [5.41, 5.74) is 2.25. The summed E-state index contributed by atoms with van der Waals surface area (Å²) in [5, 5.41) is 13.1. The van der Waals surface area contributed by atoms with Crippen LogP contribution >= 0.6 is 11.6 Å². The van der Waals surface area contributed by atoms with E-state index in [1.54, 1.807) is 6.07 Å². The number of hydrogen-bond acceptors (Lipinski definition) is 5. The van der Waals surface area contributed by atoms with Gasteiger partial charge in [-0.3, -0.25) is 4.57 Å². The maximum Gasteiger partial charge on any atom is 0.213 e. The number of fused-ring (bicyclic) bond motifs is 3. The van der Waals surface area contributed by atoms with E-state index in [9.17, 15) is 4.39 Å². The molecule has 0 amide bonds. The molecule has 3 heterocycles. The van der Waals surface area contributed by atoms with Crippen LogP contribution in [0.4, 0.5) is 4.39 Å². The molecule has 1 aliphatic heterocycles. The highest BCUT2D eigenvalue weighted by Crippen LogP contribution is 2.36. The van der Waals surface area contributed by atoms with E-state index in [1.165, 1.54) is 12.3 Å². The Morgan fingerprint density at radius 1 is 1.07 bits per heavy atom. The van der Waals surface area contributed by atoms with Crippen molar-refractivity contribution in [2.24, 2.45) is 0 Å². The molecule has 1 fully saturated rings. The number of halogens is 2. The predicted octanol–water partition coefficient (Wildman–Crippen LogP) is 4.16.